The monoisotopic (exact) mass is 541 g/mol. The quantitative estimate of drug-likeness (QED) is 0.167. The number of hydrogen-bond acceptors (Lipinski definition) is 7. The molecule has 1 aromatic carbocycles. The number of unbranched alkanes of at least 4 members (excludes halogenated alkanes) is 8. The Hall–Kier alpha value is -3.62. The van der Waals surface area contributed by atoms with Crippen molar-refractivity contribution >= 4 is 23.5 Å². The van der Waals surface area contributed by atoms with Crippen molar-refractivity contribution < 1.29 is 28.6 Å². The molecule has 9 nitrogen and oxygen atoms in total. The van der Waals surface area contributed by atoms with Crippen LogP contribution in [0.3, 0.4) is 0 Å². The first-order chi connectivity index (χ1) is 19.0. The molecule has 2 aromatic rings. The fourth-order valence-electron chi connectivity index (χ4n) is 3.78. The van der Waals surface area contributed by atoms with Crippen LogP contribution in [-0.2, 0) is 9.53 Å². The first kappa shape index (κ1) is 31.6. The van der Waals surface area contributed by atoms with E-state index in [-0.39, 0.29) is 23.6 Å². The van der Waals surface area contributed by atoms with Crippen molar-refractivity contribution in [3.05, 3.63) is 47.8 Å². The second kappa shape index (κ2) is 18.6. The molecule has 2 N–H and O–H groups in total. The maximum absolute atomic E-state index is 12.7. The number of aromatic nitrogens is 1. The van der Waals surface area contributed by atoms with Gasteiger partial charge in [-0.05, 0) is 43.2 Å². The van der Waals surface area contributed by atoms with E-state index in [2.05, 4.69) is 22.5 Å². The Bertz CT molecular complexity index is 1030. The highest BCUT2D eigenvalue weighted by atomic mass is 16.5. The van der Waals surface area contributed by atoms with Gasteiger partial charge in [-0.3, -0.25) is 14.4 Å². The Morgan fingerprint density at radius 2 is 1.49 bits per heavy atom. The van der Waals surface area contributed by atoms with E-state index in [0.717, 1.165) is 25.0 Å². The highest BCUT2D eigenvalue weighted by molar-refractivity contribution is 6.05. The third kappa shape index (κ3) is 12.2. The van der Waals surface area contributed by atoms with Crippen molar-refractivity contribution in [3.63, 3.8) is 0 Å². The van der Waals surface area contributed by atoms with Crippen molar-refractivity contribution in [2.45, 2.75) is 78.1 Å². The van der Waals surface area contributed by atoms with Crippen molar-refractivity contribution in [1.82, 2.24) is 10.3 Å². The average molecular weight is 542 g/mol. The van der Waals surface area contributed by atoms with Gasteiger partial charge in [-0.1, -0.05) is 65.2 Å². The maximum Gasteiger partial charge on any atom is 0.325 e. The van der Waals surface area contributed by atoms with E-state index in [4.69, 9.17) is 14.2 Å². The molecule has 0 aliphatic rings. The van der Waals surface area contributed by atoms with Gasteiger partial charge in [0.25, 0.3) is 11.8 Å². The normalized spacial score (nSPS) is 10.5. The maximum atomic E-state index is 12.7. The fourth-order valence-corrected chi connectivity index (χ4v) is 3.78. The van der Waals surface area contributed by atoms with Crippen LogP contribution < -0.4 is 20.1 Å². The molecule has 2 rings (SSSR count). The number of amides is 2. The van der Waals surface area contributed by atoms with Gasteiger partial charge in [0.05, 0.1) is 25.9 Å². The SMILES string of the molecule is CCCCCCCCCCOc1ccc(NC(=O)c2cnc(C(=O)NCC(=O)OCCCC)c(OC)c2)cc1. The summed E-state index contributed by atoms with van der Waals surface area (Å²) in [6, 6.07) is 8.61. The molecule has 1 heterocycles. The second-order valence-corrected chi connectivity index (χ2v) is 9.33. The molecule has 39 heavy (non-hydrogen) atoms. The first-order valence-corrected chi connectivity index (χ1v) is 14.0. The minimum atomic E-state index is -0.603. The Balaban J connectivity index is 1.80. The number of anilines is 1. The van der Waals surface area contributed by atoms with Crippen LogP contribution in [-0.4, -0.2) is 49.6 Å². The minimum absolute atomic E-state index is 0.0339. The van der Waals surface area contributed by atoms with E-state index >= 15 is 0 Å². The number of ether oxygens (including phenoxy) is 3. The molecule has 0 saturated heterocycles. The van der Waals surface area contributed by atoms with Gasteiger partial charge in [0, 0.05) is 11.9 Å². The topological polar surface area (TPSA) is 116 Å². The lowest BCUT2D eigenvalue weighted by molar-refractivity contribution is -0.142. The Labute approximate surface area is 232 Å². The van der Waals surface area contributed by atoms with Gasteiger partial charge in [-0.25, -0.2) is 4.98 Å². The predicted octanol–water partition coefficient (Wildman–Crippen LogP) is 5.94. The number of pyridine rings is 1. The summed E-state index contributed by atoms with van der Waals surface area (Å²) in [6.45, 7) is 4.92. The van der Waals surface area contributed by atoms with Crippen LogP contribution >= 0.6 is 0 Å². The molecule has 0 radical (unpaired) electrons. The second-order valence-electron chi connectivity index (χ2n) is 9.33. The van der Waals surface area contributed by atoms with Gasteiger partial charge in [0.15, 0.2) is 11.4 Å². The summed E-state index contributed by atoms with van der Waals surface area (Å²) >= 11 is 0. The third-order valence-electron chi connectivity index (χ3n) is 6.08. The molecule has 0 spiro atoms. The van der Waals surface area contributed by atoms with Crippen LogP contribution in [0.4, 0.5) is 5.69 Å². The van der Waals surface area contributed by atoms with Crippen molar-refractivity contribution in [2.24, 2.45) is 0 Å². The first-order valence-electron chi connectivity index (χ1n) is 14.0. The molecule has 0 atom stereocenters. The molecule has 0 unspecified atom stereocenters. The van der Waals surface area contributed by atoms with E-state index in [1.54, 1.807) is 12.1 Å². The summed E-state index contributed by atoms with van der Waals surface area (Å²) < 4.78 is 16.1. The van der Waals surface area contributed by atoms with Gasteiger partial charge < -0.3 is 24.8 Å². The number of carbonyl (C=O) groups excluding carboxylic acids is 3. The zero-order chi connectivity index (χ0) is 28.3. The number of carbonyl (C=O) groups is 3. The van der Waals surface area contributed by atoms with Gasteiger partial charge in [-0.2, -0.15) is 0 Å². The zero-order valence-corrected chi connectivity index (χ0v) is 23.6. The number of nitrogens with one attached hydrogen (secondary N) is 2. The van der Waals surface area contributed by atoms with Crippen molar-refractivity contribution in [3.8, 4) is 11.5 Å². The van der Waals surface area contributed by atoms with E-state index in [0.29, 0.717) is 18.9 Å². The van der Waals surface area contributed by atoms with Gasteiger partial charge in [-0.15, -0.1) is 0 Å². The number of methoxy groups -OCH3 is 1. The smallest absolute Gasteiger partial charge is 0.325 e. The summed E-state index contributed by atoms with van der Waals surface area (Å²) in [5, 5.41) is 5.26. The molecule has 0 saturated carbocycles. The number of nitrogens with zero attached hydrogens (tertiary/aromatic N) is 1. The lowest BCUT2D eigenvalue weighted by atomic mass is 10.1. The molecular formula is C30H43N3O6. The summed E-state index contributed by atoms with van der Waals surface area (Å²) in [4.78, 5) is 41.0. The van der Waals surface area contributed by atoms with Gasteiger partial charge in [0.2, 0.25) is 0 Å². The Morgan fingerprint density at radius 1 is 0.821 bits per heavy atom. The zero-order valence-electron chi connectivity index (χ0n) is 23.6. The van der Waals surface area contributed by atoms with Crippen LogP contribution in [0.5, 0.6) is 11.5 Å². The van der Waals surface area contributed by atoms with E-state index < -0.39 is 17.8 Å². The van der Waals surface area contributed by atoms with Crippen LogP contribution in [0.2, 0.25) is 0 Å². The van der Waals surface area contributed by atoms with E-state index in [9.17, 15) is 14.4 Å². The highest BCUT2D eigenvalue weighted by Crippen LogP contribution is 2.20. The largest absolute Gasteiger partial charge is 0.494 e. The standard InChI is InChI=1S/C30H43N3O6/c1-4-6-8-9-10-11-12-13-19-38-25-16-14-24(15-17-25)33-29(35)23-20-26(37-3)28(31-21-23)30(36)32-22-27(34)39-18-7-5-2/h14-17,20-21H,4-13,18-19,22H2,1-3H3,(H,32,36)(H,33,35). The summed E-state index contributed by atoms with van der Waals surface area (Å²) in [6.07, 6.45) is 12.9. The Morgan fingerprint density at radius 3 is 2.15 bits per heavy atom. The number of benzene rings is 1. The molecule has 0 bridgehead atoms. The van der Waals surface area contributed by atoms with Gasteiger partial charge >= 0.3 is 5.97 Å². The summed E-state index contributed by atoms with van der Waals surface area (Å²) in [5.74, 6) is -0.668. The lowest BCUT2D eigenvalue weighted by Gasteiger charge is -2.11. The molecule has 0 fully saturated rings. The van der Waals surface area contributed by atoms with Crippen LogP contribution in [0.25, 0.3) is 0 Å². The predicted molar refractivity (Wildman–Crippen MR) is 151 cm³/mol. The Kier molecular flexibility index (Phi) is 15.1. The third-order valence-corrected chi connectivity index (χ3v) is 6.08. The van der Waals surface area contributed by atoms with E-state index in [1.165, 1.54) is 64.3 Å². The van der Waals surface area contributed by atoms with Crippen molar-refractivity contribution in [1.29, 1.82) is 0 Å². The summed E-state index contributed by atoms with van der Waals surface area (Å²) in [7, 11) is 1.38. The van der Waals surface area contributed by atoms with E-state index in [1.807, 2.05) is 19.1 Å². The summed E-state index contributed by atoms with van der Waals surface area (Å²) in [5.41, 5.74) is 0.785. The van der Waals surface area contributed by atoms with Crippen molar-refractivity contribution in [2.75, 3.05) is 32.2 Å². The molecule has 2 amide bonds. The van der Waals surface area contributed by atoms with Crippen LogP contribution in [0, 0.1) is 0 Å². The minimum Gasteiger partial charge on any atom is -0.494 e. The molecule has 214 valence electrons. The number of hydrogen-bond donors (Lipinski definition) is 2. The molecular weight excluding hydrogens is 498 g/mol. The lowest BCUT2D eigenvalue weighted by Crippen LogP contribution is -2.31. The number of esters is 1. The molecule has 0 aliphatic heterocycles. The van der Waals surface area contributed by atoms with Gasteiger partial charge in [0.1, 0.15) is 12.3 Å². The molecule has 9 heteroatoms. The number of rotatable bonds is 19. The average Bonchev–Trinajstić information content (AvgIpc) is 2.95. The fraction of sp³-hybridized carbons (Fsp3) is 0.533. The van der Waals surface area contributed by atoms with Crippen LogP contribution in [0.1, 0.15) is 98.9 Å². The molecule has 0 aliphatic carbocycles. The van der Waals surface area contributed by atoms with Crippen LogP contribution in [0.15, 0.2) is 36.5 Å². The molecule has 1 aromatic heterocycles. The highest BCUT2D eigenvalue weighted by Gasteiger charge is 2.18.